The van der Waals surface area contributed by atoms with Crippen LogP contribution in [0.4, 0.5) is 0 Å². The van der Waals surface area contributed by atoms with Gasteiger partial charge in [-0.1, -0.05) is 37.2 Å². The average molecular weight is 304 g/mol. The van der Waals surface area contributed by atoms with Gasteiger partial charge in [0, 0.05) is 18.0 Å². The summed E-state index contributed by atoms with van der Waals surface area (Å²) in [4.78, 5) is 7.63. The molecule has 0 spiro atoms. The van der Waals surface area contributed by atoms with Crippen molar-refractivity contribution in [1.29, 1.82) is 0 Å². The van der Waals surface area contributed by atoms with Gasteiger partial charge in [0.1, 0.15) is 12.4 Å². The molecule has 0 aliphatic carbocycles. The number of nitrogens with zero attached hydrogens (tertiary/aromatic N) is 2. The van der Waals surface area contributed by atoms with Crippen LogP contribution in [0.2, 0.25) is 0 Å². The summed E-state index contributed by atoms with van der Waals surface area (Å²) in [5.41, 5.74) is 1.95. The fourth-order valence-corrected chi connectivity index (χ4v) is 2.13. The van der Waals surface area contributed by atoms with E-state index >= 15 is 0 Å². The molecular formula is C18H28N2O2. The second-order valence-corrected chi connectivity index (χ2v) is 5.67. The number of hydrogen-bond acceptors (Lipinski definition) is 4. The Bertz CT molecular complexity index is 496. The molecule has 0 radical (unpaired) electrons. The number of ether oxygens (including phenoxy) is 1. The fraction of sp³-hybridized carbons (Fsp3) is 0.500. The van der Waals surface area contributed by atoms with E-state index in [4.69, 9.17) is 9.57 Å². The van der Waals surface area contributed by atoms with Crippen LogP contribution in [0, 0.1) is 5.92 Å². The van der Waals surface area contributed by atoms with Crippen molar-refractivity contribution in [1.82, 2.24) is 4.90 Å². The molecule has 0 amide bonds. The standard InChI is InChI=1S/C18H28N2O2/c1-6-17(19-22-14-15(2)13-20(3)4)12-11-16-9-7-8-10-18(16)21-5/h7-12,15H,6,13-14H2,1-5H3/b12-11+,19-17+. The third kappa shape index (κ3) is 6.76. The van der Waals surface area contributed by atoms with E-state index in [0.717, 1.165) is 30.0 Å². The number of benzene rings is 1. The first-order valence-electron chi connectivity index (χ1n) is 7.71. The van der Waals surface area contributed by atoms with E-state index < -0.39 is 0 Å². The molecular weight excluding hydrogens is 276 g/mol. The van der Waals surface area contributed by atoms with Crippen molar-refractivity contribution in [2.75, 3.05) is 34.4 Å². The summed E-state index contributed by atoms with van der Waals surface area (Å²) in [6.07, 6.45) is 4.82. The molecule has 22 heavy (non-hydrogen) atoms. The normalized spacial score (nSPS) is 13.6. The molecule has 0 aliphatic heterocycles. The van der Waals surface area contributed by atoms with Crippen LogP contribution in [0.15, 0.2) is 35.5 Å². The minimum atomic E-state index is 0.454. The number of allylic oxidation sites excluding steroid dienone is 1. The van der Waals surface area contributed by atoms with Crippen LogP contribution in [-0.4, -0.2) is 45.0 Å². The Morgan fingerprint density at radius 1 is 1.32 bits per heavy atom. The van der Waals surface area contributed by atoms with Crippen LogP contribution in [0.5, 0.6) is 5.75 Å². The van der Waals surface area contributed by atoms with E-state index in [0.29, 0.717) is 12.5 Å². The van der Waals surface area contributed by atoms with Gasteiger partial charge in [0.15, 0.2) is 0 Å². The molecule has 0 N–H and O–H groups in total. The van der Waals surface area contributed by atoms with Gasteiger partial charge >= 0.3 is 0 Å². The van der Waals surface area contributed by atoms with Crippen molar-refractivity contribution in [3.05, 3.63) is 35.9 Å². The number of hydrogen-bond donors (Lipinski definition) is 0. The molecule has 0 saturated carbocycles. The van der Waals surface area contributed by atoms with Crippen LogP contribution < -0.4 is 4.74 Å². The Morgan fingerprint density at radius 2 is 2.05 bits per heavy atom. The highest BCUT2D eigenvalue weighted by atomic mass is 16.6. The topological polar surface area (TPSA) is 34.1 Å². The molecule has 122 valence electrons. The molecule has 0 fully saturated rings. The van der Waals surface area contributed by atoms with Gasteiger partial charge in [-0.05, 0) is 38.7 Å². The Balaban J connectivity index is 2.60. The number of oxime groups is 1. The van der Waals surface area contributed by atoms with E-state index in [-0.39, 0.29) is 0 Å². The molecule has 1 aromatic rings. The van der Waals surface area contributed by atoms with Gasteiger partial charge < -0.3 is 14.5 Å². The quantitative estimate of drug-likeness (QED) is 0.515. The van der Waals surface area contributed by atoms with Crippen LogP contribution in [-0.2, 0) is 4.84 Å². The Hall–Kier alpha value is -1.81. The van der Waals surface area contributed by atoms with Crippen LogP contribution in [0.1, 0.15) is 25.8 Å². The van der Waals surface area contributed by atoms with Gasteiger partial charge in [-0.25, -0.2) is 0 Å². The SMILES string of the molecule is CCC(/C=C/c1ccccc1OC)=N\OCC(C)CN(C)C. The van der Waals surface area contributed by atoms with E-state index in [1.54, 1.807) is 7.11 Å². The first-order valence-corrected chi connectivity index (χ1v) is 7.71. The summed E-state index contributed by atoms with van der Waals surface area (Å²) in [7, 11) is 5.80. The van der Waals surface area contributed by atoms with Crippen LogP contribution >= 0.6 is 0 Å². The van der Waals surface area contributed by atoms with Gasteiger partial charge in [-0.15, -0.1) is 0 Å². The van der Waals surface area contributed by atoms with Crippen molar-refractivity contribution in [2.24, 2.45) is 11.1 Å². The van der Waals surface area contributed by atoms with Crippen molar-refractivity contribution in [2.45, 2.75) is 20.3 Å². The molecule has 1 atom stereocenters. The van der Waals surface area contributed by atoms with Crippen molar-refractivity contribution >= 4 is 11.8 Å². The van der Waals surface area contributed by atoms with Crippen LogP contribution in [0.25, 0.3) is 6.08 Å². The highest BCUT2D eigenvalue weighted by Crippen LogP contribution is 2.18. The lowest BCUT2D eigenvalue weighted by molar-refractivity contribution is 0.102. The molecule has 0 aliphatic rings. The Kier molecular flexibility index (Phi) is 8.30. The van der Waals surface area contributed by atoms with Gasteiger partial charge in [0.2, 0.25) is 0 Å². The van der Waals surface area contributed by atoms with E-state index in [1.165, 1.54) is 0 Å². The van der Waals surface area contributed by atoms with E-state index in [9.17, 15) is 0 Å². The number of rotatable bonds is 9. The molecule has 1 unspecified atom stereocenters. The maximum absolute atomic E-state index is 5.47. The van der Waals surface area contributed by atoms with Gasteiger partial charge in [-0.2, -0.15) is 0 Å². The molecule has 4 heteroatoms. The zero-order chi connectivity index (χ0) is 16.4. The smallest absolute Gasteiger partial charge is 0.126 e. The largest absolute Gasteiger partial charge is 0.496 e. The molecule has 1 aromatic carbocycles. The summed E-state index contributed by atoms with van der Waals surface area (Å²) in [6.45, 7) is 5.85. The van der Waals surface area contributed by atoms with Crippen molar-refractivity contribution < 1.29 is 9.57 Å². The monoisotopic (exact) mass is 304 g/mol. The molecule has 0 bridgehead atoms. The summed E-state index contributed by atoms with van der Waals surface area (Å²) in [5, 5.41) is 4.23. The average Bonchev–Trinajstić information content (AvgIpc) is 2.50. The lowest BCUT2D eigenvalue weighted by Crippen LogP contribution is -2.22. The third-order valence-corrected chi connectivity index (χ3v) is 3.17. The molecule has 0 aromatic heterocycles. The lowest BCUT2D eigenvalue weighted by Gasteiger charge is -2.15. The van der Waals surface area contributed by atoms with Gasteiger partial charge in [-0.3, -0.25) is 0 Å². The van der Waals surface area contributed by atoms with Crippen molar-refractivity contribution in [3.8, 4) is 5.75 Å². The molecule has 0 heterocycles. The predicted molar refractivity (Wildman–Crippen MR) is 93.4 cm³/mol. The summed E-state index contributed by atoms with van der Waals surface area (Å²) in [6, 6.07) is 7.91. The molecule has 4 nitrogen and oxygen atoms in total. The second kappa shape index (κ2) is 10.0. The van der Waals surface area contributed by atoms with Crippen LogP contribution in [0.3, 0.4) is 0 Å². The fourth-order valence-electron chi connectivity index (χ4n) is 2.13. The second-order valence-electron chi connectivity index (χ2n) is 5.67. The summed E-state index contributed by atoms with van der Waals surface area (Å²) < 4.78 is 5.33. The lowest BCUT2D eigenvalue weighted by atomic mass is 10.1. The molecule has 1 rings (SSSR count). The third-order valence-electron chi connectivity index (χ3n) is 3.17. The summed E-state index contributed by atoms with van der Waals surface area (Å²) in [5.74, 6) is 1.31. The van der Waals surface area contributed by atoms with E-state index in [1.807, 2.05) is 36.4 Å². The number of methoxy groups -OCH3 is 1. The zero-order valence-corrected chi connectivity index (χ0v) is 14.4. The van der Waals surface area contributed by atoms with Crippen molar-refractivity contribution in [3.63, 3.8) is 0 Å². The minimum absolute atomic E-state index is 0.454. The van der Waals surface area contributed by atoms with E-state index in [2.05, 4.69) is 38.0 Å². The first-order chi connectivity index (χ1) is 10.6. The highest BCUT2D eigenvalue weighted by Gasteiger charge is 2.04. The minimum Gasteiger partial charge on any atom is -0.496 e. The Morgan fingerprint density at radius 3 is 2.68 bits per heavy atom. The zero-order valence-electron chi connectivity index (χ0n) is 14.4. The maximum Gasteiger partial charge on any atom is 0.126 e. The summed E-state index contributed by atoms with van der Waals surface area (Å²) >= 11 is 0. The van der Waals surface area contributed by atoms with Gasteiger partial charge in [0.25, 0.3) is 0 Å². The van der Waals surface area contributed by atoms with Gasteiger partial charge in [0.05, 0.1) is 12.8 Å². The molecule has 0 saturated heterocycles. The maximum atomic E-state index is 5.47. The Labute approximate surface area is 134 Å². The highest BCUT2D eigenvalue weighted by molar-refractivity contribution is 5.97. The predicted octanol–water partition coefficient (Wildman–Crippen LogP) is 3.69. The number of para-hydroxylation sites is 1. The first kappa shape index (κ1) is 18.2.